The Labute approximate surface area is 214 Å². The molecule has 5 N–H and O–H groups in total. The van der Waals surface area contributed by atoms with Gasteiger partial charge in [-0.2, -0.15) is 0 Å². The van der Waals surface area contributed by atoms with Crippen LogP contribution in [0.5, 0.6) is 0 Å². The van der Waals surface area contributed by atoms with Gasteiger partial charge in [0.05, 0.1) is 28.2 Å². The van der Waals surface area contributed by atoms with E-state index in [9.17, 15) is 14.4 Å². The van der Waals surface area contributed by atoms with E-state index in [4.69, 9.17) is 38.8 Å². The molecular formula is C23H31Cl2N3O5S. The second kappa shape index (κ2) is 16.4. The smallest absolute Gasteiger partial charge is 0.300 e. The summed E-state index contributed by atoms with van der Waals surface area (Å²) in [6.45, 7) is 1.61. The molecule has 0 aromatic heterocycles. The minimum atomic E-state index is -0.833. The number of nitrogens with two attached hydrogens (primary N) is 1. The van der Waals surface area contributed by atoms with E-state index in [1.54, 1.807) is 23.9 Å². The molecule has 1 heterocycles. The van der Waals surface area contributed by atoms with Crippen LogP contribution in [0.1, 0.15) is 45.4 Å². The van der Waals surface area contributed by atoms with Gasteiger partial charge in [-0.25, -0.2) is 0 Å². The van der Waals surface area contributed by atoms with Crippen LogP contribution in [0.25, 0.3) is 0 Å². The number of unbranched alkanes of at least 4 members (excludes halogenated alkanes) is 1. The van der Waals surface area contributed by atoms with Crippen molar-refractivity contribution in [3.05, 3.63) is 45.0 Å². The highest BCUT2D eigenvalue weighted by atomic mass is 35.5. The number of hydrogen-bond acceptors (Lipinski definition) is 6. The first kappa shape index (κ1) is 29.8. The second-order valence-corrected chi connectivity index (χ2v) is 9.56. The summed E-state index contributed by atoms with van der Waals surface area (Å²) in [4.78, 5) is 44.4. The van der Waals surface area contributed by atoms with Gasteiger partial charge >= 0.3 is 0 Å². The highest BCUT2D eigenvalue weighted by Crippen LogP contribution is 2.32. The first-order chi connectivity index (χ1) is 16.2. The summed E-state index contributed by atoms with van der Waals surface area (Å²) in [6.07, 6.45) is 10.5. The van der Waals surface area contributed by atoms with Crippen molar-refractivity contribution >= 4 is 59.0 Å². The average molecular weight is 532 g/mol. The zero-order valence-corrected chi connectivity index (χ0v) is 21.3. The summed E-state index contributed by atoms with van der Waals surface area (Å²) in [7, 11) is 0. The summed E-state index contributed by atoms with van der Waals surface area (Å²) in [6, 6.07) is 0. The van der Waals surface area contributed by atoms with E-state index in [0.29, 0.717) is 36.3 Å². The molecule has 0 saturated heterocycles. The largest absolute Gasteiger partial charge is 0.481 e. The lowest BCUT2D eigenvalue weighted by Crippen LogP contribution is -2.37. The number of carbonyl (C=O) groups is 4. The Balaban J connectivity index is 0.00000133. The van der Waals surface area contributed by atoms with Crippen molar-refractivity contribution in [1.29, 1.82) is 0 Å². The van der Waals surface area contributed by atoms with Crippen LogP contribution in [0, 0.1) is 5.92 Å². The number of aliphatic carboxylic acids is 1. The third-order valence-corrected chi connectivity index (χ3v) is 6.88. The number of carbonyl (C=O) groups excluding carboxylic acids is 3. The number of rotatable bonds is 10. The molecule has 2 amide bonds. The van der Waals surface area contributed by atoms with Crippen molar-refractivity contribution in [2.75, 3.05) is 13.1 Å². The quantitative estimate of drug-likeness (QED) is 0.249. The molecule has 34 heavy (non-hydrogen) atoms. The van der Waals surface area contributed by atoms with Crippen molar-refractivity contribution < 1.29 is 24.3 Å². The predicted molar refractivity (Wildman–Crippen MR) is 136 cm³/mol. The normalized spacial score (nSPS) is 18.4. The molecule has 0 aromatic carbocycles. The Hall–Kier alpha value is -2.23. The minimum Gasteiger partial charge on any atom is -0.481 e. The summed E-state index contributed by atoms with van der Waals surface area (Å²) in [5.74, 6) is -1.28. The summed E-state index contributed by atoms with van der Waals surface area (Å²) >= 11 is 13.7. The van der Waals surface area contributed by atoms with Crippen LogP contribution in [0.4, 0.5) is 0 Å². The Bertz CT molecular complexity index is 867. The minimum absolute atomic E-state index is 0.0354. The van der Waals surface area contributed by atoms with E-state index in [1.807, 2.05) is 5.41 Å². The Morgan fingerprint density at radius 3 is 2.62 bits per heavy atom. The van der Waals surface area contributed by atoms with Crippen LogP contribution in [-0.4, -0.2) is 47.5 Å². The van der Waals surface area contributed by atoms with Gasteiger partial charge in [0.15, 0.2) is 0 Å². The highest BCUT2D eigenvalue weighted by molar-refractivity contribution is 8.02. The van der Waals surface area contributed by atoms with E-state index in [-0.39, 0.29) is 40.3 Å². The summed E-state index contributed by atoms with van der Waals surface area (Å²) in [5.41, 5.74) is 6.54. The van der Waals surface area contributed by atoms with Crippen molar-refractivity contribution in [3.8, 4) is 0 Å². The maximum Gasteiger partial charge on any atom is 0.300 e. The molecule has 0 fully saturated rings. The number of carboxylic acids is 1. The van der Waals surface area contributed by atoms with Crippen LogP contribution in [0.3, 0.4) is 0 Å². The molecule has 2 unspecified atom stereocenters. The molecule has 0 spiro atoms. The molecule has 1 aliphatic carbocycles. The number of carboxylic acid groups (broad SMARTS) is 1. The molecule has 1 aliphatic heterocycles. The van der Waals surface area contributed by atoms with Gasteiger partial charge in [-0.3, -0.25) is 14.4 Å². The molecule has 2 atom stereocenters. The number of nitrogens with one attached hydrogen (secondary N) is 2. The van der Waals surface area contributed by atoms with Crippen molar-refractivity contribution in [2.24, 2.45) is 11.7 Å². The lowest BCUT2D eigenvalue weighted by molar-refractivity contribution is -0.134. The lowest BCUT2D eigenvalue weighted by atomic mass is 9.94. The SMILES string of the molecule is CC(=O)O.NC1=C(Cl)C=C(C(=O)NCCCCC(C(=O)NCC=O)C2CCC=CS2)CC=C1Cl. The van der Waals surface area contributed by atoms with Crippen LogP contribution in [0.15, 0.2) is 45.0 Å². The van der Waals surface area contributed by atoms with Gasteiger partial charge in [0.25, 0.3) is 5.97 Å². The van der Waals surface area contributed by atoms with Crippen molar-refractivity contribution in [2.45, 2.75) is 50.7 Å². The standard InChI is InChI=1S/C21H27Cl2N3O3S.C2H4O2/c22-16-8-7-14(13-17(23)19(16)24)20(28)25-9-3-1-5-15(21(29)26-10-11-27)18-6-2-4-12-30-18;1-2(3)4/h4,8,11-13,15,18H,1-3,5-7,9-10,24H2,(H,25,28)(H,26,29);1H3,(H,3,4). The third kappa shape index (κ3) is 11.3. The molecule has 0 saturated carbocycles. The number of aldehydes is 1. The molecule has 11 heteroatoms. The van der Waals surface area contributed by atoms with Gasteiger partial charge in [0, 0.05) is 24.3 Å². The predicted octanol–water partition coefficient (Wildman–Crippen LogP) is 3.57. The fourth-order valence-corrected chi connectivity index (χ4v) is 4.92. The number of allylic oxidation sites excluding steroid dienone is 5. The number of hydrogen-bond donors (Lipinski definition) is 4. The maximum absolute atomic E-state index is 12.5. The topological polar surface area (TPSA) is 139 Å². The molecular weight excluding hydrogens is 501 g/mol. The number of halogens is 2. The zero-order chi connectivity index (χ0) is 25.5. The van der Waals surface area contributed by atoms with Crippen molar-refractivity contribution in [3.63, 3.8) is 0 Å². The van der Waals surface area contributed by atoms with Gasteiger partial charge in [0.2, 0.25) is 11.8 Å². The van der Waals surface area contributed by atoms with Gasteiger partial charge in [0.1, 0.15) is 6.29 Å². The first-order valence-electron chi connectivity index (χ1n) is 10.9. The first-order valence-corrected chi connectivity index (χ1v) is 12.6. The number of amides is 2. The van der Waals surface area contributed by atoms with Gasteiger partial charge in [-0.1, -0.05) is 41.8 Å². The van der Waals surface area contributed by atoms with E-state index in [2.05, 4.69) is 16.7 Å². The Morgan fingerprint density at radius 1 is 1.29 bits per heavy atom. The second-order valence-electron chi connectivity index (χ2n) is 7.60. The fourth-order valence-electron chi connectivity index (χ4n) is 3.28. The average Bonchev–Trinajstić information content (AvgIpc) is 2.93. The van der Waals surface area contributed by atoms with Crippen LogP contribution >= 0.6 is 35.0 Å². The number of thioether (sulfide) groups is 1. The highest BCUT2D eigenvalue weighted by Gasteiger charge is 2.28. The molecule has 0 radical (unpaired) electrons. The van der Waals surface area contributed by atoms with E-state index in [0.717, 1.165) is 32.6 Å². The molecule has 0 aromatic rings. The summed E-state index contributed by atoms with van der Waals surface area (Å²) < 4.78 is 0. The molecule has 8 nitrogen and oxygen atoms in total. The van der Waals surface area contributed by atoms with Gasteiger partial charge in [-0.05, 0) is 43.6 Å². The maximum atomic E-state index is 12.5. The van der Waals surface area contributed by atoms with Crippen LogP contribution in [0.2, 0.25) is 0 Å². The molecule has 2 rings (SSSR count). The van der Waals surface area contributed by atoms with E-state index in [1.165, 1.54) is 0 Å². The van der Waals surface area contributed by atoms with Crippen LogP contribution < -0.4 is 16.4 Å². The Kier molecular flexibility index (Phi) is 14.4. The van der Waals surface area contributed by atoms with Gasteiger partial charge < -0.3 is 26.3 Å². The zero-order valence-electron chi connectivity index (χ0n) is 19.0. The molecule has 2 aliphatic rings. The fraction of sp³-hybridized carbons (Fsp3) is 0.478. The molecule has 0 bridgehead atoms. The van der Waals surface area contributed by atoms with Crippen molar-refractivity contribution in [1.82, 2.24) is 10.6 Å². The Morgan fingerprint density at radius 2 is 2.00 bits per heavy atom. The molecule has 188 valence electrons. The third-order valence-electron chi connectivity index (χ3n) is 4.95. The van der Waals surface area contributed by atoms with E-state index < -0.39 is 5.97 Å². The summed E-state index contributed by atoms with van der Waals surface area (Å²) in [5, 5.41) is 15.8. The van der Waals surface area contributed by atoms with Gasteiger partial charge in [-0.15, -0.1) is 11.8 Å². The lowest BCUT2D eigenvalue weighted by Gasteiger charge is -2.26. The van der Waals surface area contributed by atoms with E-state index >= 15 is 0 Å². The van der Waals surface area contributed by atoms with Crippen LogP contribution in [-0.2, 0) is 19.2 Å². The monoisotopic (exact) mass is 531 g/mol.